The van der Waals surface area contributed by atoms with Crippen molar-refractivity contribution in [3.05, 3.63) is 30.1 Å². The SMILES string of the molecule is CCOC(=O)C(C)(C)c1nc2ccccc2n1CCOC. The summed E-state index contributed by atoms with van der Waals surface area (Å²) in [4.78, 5) is 16.9. The zero-order chi connectivity index (χ0) is 15.5. The number of para-hydroxylation sites is 2. The molecule has 2 rings (SSSR count). The van der Waals surface area contributed by atoms with E-state index in [0.29, 0.717) is 25.6 Å². The van der Waals surface area contributed by atoms with Crippen LogP contribution in [0.25, 0.3) is 11.0 Å². The van der Waals surface area contributed by atoms with Gasteiger partial charge in [-0.3, -0.25) is 4.79 Å². The lowest BCUT2D eigenvalue weighted by molar-refractivity contribution is -0.149. The smallest absolute Gasteiger partial charge is 0.319 e. The van der Waals surface area contributed by atoms with Gasteiger partial charge in [-0.05, 0) is 32.9 Å². The van der Waals surface area contributed by atoms with E-state index < -0.39 is 5.41 Å². The molecule has 0 spiro atoms. The molecule has 0 fully saturated rings. The number of fused-ring (bicyclic) bond motifs is 1. The number of hydrogen-bond acceptors (Lipinski definition) is 4. The Balaban J connectivity index is 2.53. The minimum atomic E-state index is -0.803. The van der Waals surface area contributed by atoms with Crippen molar-refractivity contribution in [2.24, 2.45) is 0 Å². The zero-order valence-electron chi connectivity index (χ0n) is 13.0. The van der Waals surface area contributed by atoms with Gasteiger partial charge in [0.1, 0.15) is 11.2 Å². The molecule has 0 saturated carbocycles. The van der Waals surface area contributed by atoms with Gasteiger partial charge in [0, 0.05) is 13.7 Å². The standard InChI is InChI=1S/C16H22N2O3/c1-5-21-15(19)16(2,3)14-17-12-8-6-7-9-13(12)18(14)10-11-20-4/h6-9H,5,10-11H2,1-4H3. The molecular formula is C16H22N2O3. The highest BCUT2D eigenvalue weighted by Gasteiger charge is 2.36. The van der Waals surface area contributed by atoms with Gasteiger partial charge in [0.2, 0.25) is 0 Å². The van der Waals surface area contributed by atoms with Gasteiger partial charge in [0.25, 0.3) is 0 Å². The summed E-state index contributed by atoms with van der Waals surface area (Å²) in [5.74, 6) is 0.443. The van der Waals surface area contributed by atoms with Crippen LogP contribution < -0.4 is 0 Å². The number of esters is 1. The van der Waals surface area contributed by atoms with E-state index >= 15 is 0 Å². The van der Waals surface area contributed by atoms with Crippen LogP contribution in [0.2, 0.25) is 0 Å². The Kier molecular flexibility index (Phi) is 4.63. The summed E-state index contributed by atoms with van der Waals surface area (Å²) in [6.07, 6.45) is 0. The second-order valence-electron chi connectivity index (χ2n) is 5.41. The van der Waals surface area contributed by atoms with Crippen LogP contribution in [0, 0.1) is 0 Å². The van der Waals surface area contributed by atoms with Crippen molar-refractivity contribution < 1.29 is 14.3 Å². The molecule has 0 amide bonds. The van der Waals surface area contributed by atoms with Crippen molar-refractivity contribution in [3.63, 3.8) is 0 Å². The maximum Gasteiger partial charge on any atom is 0.319 e. The summed E-state index contributed by atoms with van der Waals surface area (Å²) in [6, 6.07) is 7.86. The fourth-order valence-electron chi connectivity index (χ4n) is 2.36. The summed E-state index contributed by atoms with van der Waals surface area (Å²) in [5.41, 5.74) is 1.07. The van der Waals surface area contributed by atoms with Crippen LogP contribution in [0.15, 0.2) is 24.3 Å². The molecule has 1 aromatic carbocycles. The molecule has 0 aliphatic carbocycles. The molecule has 0 aliphatic rings. The van der Waals surface area contributed by atoms with Crippen LogP contribution in [0.4, 0.5) is 0 Å². The molecule has 114 valence electrons. The Bertz CT molecular complexity index is 631. The van der Waals surface area contributed by atoms with E-state index in [1.54, 1.807) is 7.11 Å². The second-order valence-corrected chi connectivity index (χ2v) is 5.41. The Morgan fingerprint density at radius 2 is 2.05 bits per heavy atom. The molecule has 0 unspecified atom stereocenters. The minimum Gasteiger partial charge on any atom is -0.465 e. The van der Waals surface area contributed by atoms with Gasteiger partial charge >= 0.3 is 5.97 Å². The molecule has 1 aromatic heterocycles. The monoisotopic (exact) mass is 290 g/mol. The lowest BCUT2D eigenvalue weighted by Gasteiger charge is -2.23. The van der Waals surface area contributed by atoms with E-state index in [9.17, 15) is 4.79 Å². The first-order chi connectivity index (χ1) is 10.0. The number of aromatic nitrogens is 2. The molecule has 21 heavy (non-hydrogen) atoms. The Morgan fingerprint density at radius 1 is 1.33 bits per heavy atom. The molecule has 0 radical (unpaired) electrons. The highest BCUT2D eigenvalue weighted by Crippen LogP contribution is 2.28. The third-order valence-corrected chi connectivity index (χ3v) is 3.52. The van der Waals surface area contributed by atoms with Crippen molar-refractivity contribution in [2.45, 2.75) is 32.7 Å². The zero-order valence-corrected chi connectivity index (χ0v) is 13.0. The number of methoxy groups -OCH3 is 1. The van der Waals surface area contributed by atoms with Gasteiger partial charge in [0.15, 0.2) is 0 Å². The third-order valence-electron chi connectivity index (χ3n) is 3.52. The van der Waals surface area contributed by atoms with E-state index in [0.717, 1.165) is 11.0 Å². The minimum absolute atomic E-state index is 0.265. The largest absolute Gasteiger partial charge is 0.465 e. The Morgan fingerprint density at radius 3 is 2.71 bits per heavy atom. The van der Waals surface area contributed by atoms with E-state index in [4.69, 9.17) is 9.47 Å². The van der Waals surface area contributed by atoms with Gasteiger partial charge in [0.05, 0.1) is 24.2 Å². The van der Waals surface area contributed by atoms with Gasteiger partial charge in [-0.2, -0.15) is 0 Å². The average Bonchev–Trinajstić information content (AvgIpc) is 2.84. The highest BCUT2D eigenvalue weighted by molar-refractivity contribution is 5.84. The van der Waals surface area contributed by atoms with Crippen LogP contribution in [-0.4, -0.2) is 35.8 Å². The first-order valence-electron chi connectivity index (χ1n) is 7.14. The second kappa shape index (κ2) is 6.26. The molecule has 2 aromatic rings. The van der Waals surface area contributed by atoms with Crippen LogP contribution in [-0.2, 0) is 26.2 Å². The van der Waals surface area contributed by atoms with Crippen LogP contribution in [0.1, 0.15) is 26.6 Å². The maximum atomic E-state index is 12.3. The highest BCUT2D eigenvalue weighted by atomic mass is 16.5. The first kappa shape index (κ1) is 15.5. The number of benzene rings is 1. The molecule has 0 aliphatic heterocycles. The number of carbonyl (C=O) groups is 1. The summed E-state index contributed by atoms with van der Waals surface area (Å²) >= 11 is 0. The summed E-state index contributed by atoms with van der Waals surface area (Å²) in [6.45, 7) is 7.06. The van der Waals surface area contributed by atoms with Crippen LogP contribution >= 0.6 is 0 Å². The molecule has 0 bridgehead atoms. The van der Waals surface area contributed by atoms with Gasteiger partial charge in [-0.15, -0.1) is 0 Å². The molecule has 1 heterocycles. The topological polar surface area (TPSA) is 53.3 Å². The van der Waals surface area contributed by atoms with Crippen molar-refractivity contribution in [3.8, 4) is 0 Å². The summed E-state index contributed by atoms with van der Waals surface area (Å²) in [5, 5.41) is 0. The Labute approximate surface area is 124 Å². The van der Waals surface area contributed by atoms with E-state index in [1.165, 1.54) is 0 Å². The van der Waals surface area contributed by atoms with Crippen molar-refractivity contribution >= 4 is 17.0 Å². The number of imidazole rings is 1. The fourth-order valence-corrected chi connectivity index (χ4v) is 2.36. The van der Waals surface area contributed by atoms with Crippen molar-refractivity contribution in [1.82, 2.24) is 9.55 Å². The van der Waals surface area contributed by atoms with E-state index in [-0.39, 0.29) is 5.97 Å². The molecule has 0 saturated heterocycles. The molecule has 5 heteroatoms. The molecule has 5 nitrogen and oxygen atoms in total. The van der Waals surface area contributed by atoms with Crippen LogP contribution in [0.3, 0.4) is 0 Å². The molecule has 0 N–H and O–H groups in total. The van der Waals surface area contributed by atoms with E-state index in [2.05, 4.69) is 4.98 Å². The van der Waals surface area contributed by atoms with Crippen molar-refractivity contribution in [2.75, 3.05) is 20.3 Å². The van der Waals surface area contributed by atoms with Crippen LogP contribution in [0.5, 0.6) is 0 Å². The van der Waals surface area contributed by atoms with E-state index in [1.807, 2.05) is 49.6 Å². The third kappa shape index (κ3) is 2.93. The summed E-state index contributed by atoms with van der Waals surface area (Å²) in [7, 11) is 1.66. The van der Waals surface area contributed by atoms with Crippen molar-refractivity contribution in [1.29, 1.82) is 0 Å². The number of nitrogens with zero attached hydrogens (tertiary/aromatic N) is 2. The lowest BCUT2D eigenvalue weighted by atomic mass is 9.92. The number of carbonyl (C=O) groups excluding carboxylic acids is 1. The number of ether oxygens (including phenoxy) is 2. The van der Waals surface area contributed by atoms with Gasteiger partial charge in [-0.25, -0.2) is 4.98 Å². The molecular weight excluding hydrogens is 268 g/mol. The van der Waals surface area contributed by atoms with Gasteiger partial charge < -0.3 is 14.0 Å². The predicted molar refractivity (Wildman–Crippen MR) is 81.3 cm³/mol. The maximum absolute atomic E-state index is 12.3. The number of hydrogen-bond donors (Lipinski definition) is 0. The lowest BCUT2D eigenvalue weighted by Crippen LogP contribution is -2.34. The quantitative estimate of drug-likeness (QED) is 0.767. The normalized spacial score (nSPS) is 11.8. The average molecular weight is 290 g/mol. The Hall–Kier alpha value is -1.88. The summed E-state index contributed by atoms with van der Waals surface area (Å²) < 4.78 is 12.4. The first-order valence-corrected chi connectivity index (χ1v) is 7.14. The number of rotatable bonds is 6. The predicted octanol–water partition coefficient (Wildman–Crippen LogP) is 2.52. The van der Waals surface area contributed by atoms with Gasteiger partial charge in [-0.1, -0.05) is 12.1 Å². The fraction of sp³-hybridized carbons (Fsp3) is 0.500. The molecule has 0 atom stereocenters.